The van der Waals surface area contributed by atoms with Gasteiger partial charge in [-0.05, 0) is 24.6 Å². The van der Waals surface area contributed by atoms with Gasteiger partial charge in [-0.15, -0.1) is 11.3 Å². The lowest BCUT2D eigenvalue weighted by molar-refractivity contribution is 0.0698. The molecule has 2 rings (SSSR count). The number of thiophene rings is 1. The Kier molecular flexibility index (Phi) is 4.36. The van der Waals surface area contributed by atoms with Crippen molar-refractivity contribution in [3.63, 3.8) is 0 Å². The van der Waals surface area contributed by atoms with E-state index in [1.807, 2.05) is 49.4 Å². The van der Waals surface area contributed by atoms with Gasteiger partial charge >= 0.3 is 5.97 Å². The Bertz CT molecular complexity index is 585. The molecule has 4 heteroatoms. The monoisotopic (exact) mass is 274 g/mol. The van der Waals surface area contributed by atoms with Gasteiger partial charge in [-0.25, -0.2) is 4.79 Å². The minimum absolute atomic E-state index is 0.255. The van der Waals surface area contributed by atoms with Crippen LogP contribution in [0, 0.1) is 6.92 Å². The van der Waals surface area contributed by atoms with E-state index in [0.29, 0.717) is 12.4 Å². The maximum atomic E-state index is 11.0. The number of carbonyl (C=O) groups is 1. The highest BCUT2D eigenvalue weighted by molar-refractivity contribution is 7.14. The van der Waals surface area contributed by atoms with Gasteiger partial charge in [0.05, 0.1) is 0 Å². The van der Waals surface area contributed by atoms with E-state index in [2.05, 4.69) is 0 Å². The van der Waals surface area contributed by atoms with Crippen molar-refractivity contribution < 1.29 is 14.6 Å². The molecule has 1 aromatic carbocycles. The zero-order chi connectivity index (χ0) is 13.7. The fraction of sp³-hybridized carbons (Fsp3) is 0.133. The average Bonchev–Trinajstić information content (AvgIpc) is 2.77. The van der Waals surface area contributed by atoms with Crippen LogP contribution in [0.5, 0.6) is 5.75 Å². The van der Waals surface area contributed by atoms with Crippen molar-refractivity contribution in [2.24, 2.45) is 0 Å². The molecule has 1 N–H and O–H groups in total. The summed E-state index contributed by atoms with van der Waals surface area (Å²) in [5.41, 5.74) is 1.09. The molecule has 0 bridgehead atoms. The lowest BCUT2D eigenvalue weighted by Crippen LogP contribution is -1.99. The highest BCUT2D eigenvalue weighted by Crippen LogP contribution is 2.28. The topological polar surface area (TPSA) is 46.5 Å². The van der Waals surface area contributed by atoms with Gasteiger partial charge in [0.25, 0.3) is 0 Å². The highest BCUT2D eigenvalue weighted by Gasteiger charge is 2.14. The first-order chi connectivity index (χ1) is 9.16. The Morgan fingerprint density at radius 2 is 2.11 bits per heavy atom. The number of aromatic carboxylic acids is 1. The number of carboxylic acid groups (broad SMARTS) is 1. The van der Waals surface area contributed by atoms with E-state index in [0.717, 1.165) is 10.4 Å². The van der Waals surface area contributed by atoms with E-state index < -0.39 is 5.97 Å². The molecule has 0 spiro atoms. The third-order valence-corrected chi connectivity index (χ3v) is 3.48. The average molecular weight is 274 g/mol. The molecule has 0 aliphatic heterocycles. The first-order valence-corrected chi connectivity index (χ1v) is 6.66. The molecule has 0 fully saturated rings. The second-order valence-electron chi connectivity index (χ2n) is 3.98. The molecule has 0 radical (unpaired) electrons. The fourth-order valence-electron chi connectivity index (χ4n) is 1.63. The summed E-state index contributed by atoms with van der Waals surface area (Å²) in [4.78, 5) is 12.2. The van der Waals surface area contributed by atoms with Gasteiger partial charge in [-0.1, -0.05) is 36.4 Å². The van der Waals surface area contributed by atoms with Crippen molar-refractivity contribution in [1.82, 2.24) is 0 Å². The third-order valence-electron chi connectivity index (χ3n) is 2.46. The highest BCUT2D eigenvalue weighted by atomic mass is 32.1. The Labute approximate surface area is 115 Å². The van der Waals surface area contributed by atoms with Crippen LogP contribution in [0.4, 0.5) is 0 Å². The number of aryl methyl sites for hydroxylation is 1. The second-order valence-corrected chi connectivity index (χ2v) is 5.24. The summed E-state index contributed by atoms with van der Waals surface area (Å²) >= 11 is 1.23. The summed E-state index contributed by atoms with van der Waals surface area (Å²) in [6.07, 6.45) is 3.81. The van der Waals surface area contributed by atoms with Crippen LogP contribution in [0.25, 0.3) is 6.08 Å². The van der Waals surface area contributed by atoms with Crippen molar-refractivity contribution >= 4 is 23.4 Å². The molecule has 0 saturated carbocycles. The van der Waals surface area contributed by atoms with Crippen molar-refractivity contribution in [3.05, 3.63) is 57.8 Å². The summed E-state index contributed by atoms with van der Waals surface area (Å²) < 4.78 is 5.48. The molecule has 0 unspecified atom stereocenters. The zero-order valence-electron chi connectivity index (χ0n) is 10.5. The summed E-state index contributed by atoms with van der Waals surface area (Å²) in [6.45, 7) is 2.22. The smallest absolute Gasteiger partial charge is 0.349 e. The lowest BCUT2D eigenvalue weighted by atomic mass is 10.2. The largest absolute Gasteiger partial charge is 0.488 e. The number of hydrogen-bond donors (Lipinski definition) is 1. The maximum Gasteiger partial charge on any atom is 0.349 e. The van der Waals surface area contributed by atoms with Gasteiger partial charge in [0.15, 0.2) is 4.88 Å². The first kappa shape index (κ1) is 13.4. The normalized spacial score (nSPS) is 10.8. The molecule has 19 heavy (non-hydrogen) atoms. The molecule has 1 aromatic heterocycles. The van der Waals surface area contributed by atoms with Crippen LogP contribution in [0.2, 0.25) is 0 Å². The van der Waals surface area contributed by atoms with Crippen molar-refractivity contribution in [2.45, 2.75) is 6.92 Å². The first-order valence-electron chi connectivity index (χ1n) is 5.85. The Balaban J connectivity index is 1.96. The molecular weight excluding hydrogens is 260 g/mol. The van der Waals surface area contributed by atoms with Gasteiger partial charge < -0.3 is 9.84 Å². The predicted molar refractivity (Wildman–Crippen MR) is 77.0 cm³/mol. The minimum atomic E-state index is -0.944. The summed E-state index contributed by atoms with van der Waals surface area (Å²) in [5.74, 6) is -0.507. The van der Waals surface area contributed by atoms with E-state index >= 15 is 0 Å². The molecule has 0 aliphatic carbocycles. The number of hydrogen-bond acceptors (Lipinski definition) is 3. The Hall–Kier alpha value is -2.07. The van der Waals surface area contributed by atoms with Gasteiger partial charge in [0, 0.05) is 4.88 Å². The zero-order valence-corrected chi connectivity index (χ0v) is 11.3. The number of carboxylic acids is 1. The van der Waals surface area contributed by atoms with Crippen LogP contribution in [0.1, 0.15) is 20.1 Å². The van der Waals surface area contributed by atoms with Crippen molar-refractivity contribution in [2.75, 3.05) is 6.61 Å². The van der Waals surface area contributed by atoms with E-state index in [-0.39, 0.29) is 4.88 Å². The number of rotatable bonds is 5. The molecule has 0 saturated heterocycles. The van der Waals surface area contributed by atoms with Crippen LogP contribution in [-0.4, -0.2) is 17.7 Å². The molecule has 0 atom stereocenters. The van der Waals surface area contributed by atoms with Gasteiger partial charge in [0.1, 0.15) is 12.4 Å². The SMILES string of the molecule is Cc1cc(OC/C=C/c2ccccc2)c(C(=O)O)s1. The van der Waals surface area contributed by atoms with Crippen LogP contribution >= 0.6 is 11.3 Å². The van der Waals surface area contributed by atoms with E-state index in [9.17, 15) is 4.79 Å². The molecule has 0 aliphatic rings. The molecule has 98 valence electrons. The van der Waals surface area contributed by atoms with Crippen molar-refractivity contribution in [1.29, 1.82) is 0 Å². The minimum Gasteiger partial charge on any atom is -0.488 e. The van der Waals surface area contributed by atoms with Crippen molar-refractivity contribution in [3.8, 4) is 5.75 Å². The second kappa shape index (κ2) is 6.20. The predicted octanol–water partition coefficient (Wildman–Crippen LogP) is 3.85. The van der Waals surface area contributed by atoms with Crippen LogP contribution in [0.3, 0.4) is 0 Å². The lowest BCUT2D eigenvalue weighted by Gasteiger charge is -2.01. The quantitative estimate of drug-likeness (QED) is 0.901. The van der Waals surface area contributed by atoms with E-state index in [1.165, 1.54) is 11.3 Å². The van der Waals surface area contributed by atoms with Crippen LogP contribution in [0.15, 0.2) is 42.5 Å². The van der Waals surface area contributed by atoms with Gasteiger partial charge in [-0.3, -0.25) is 0 Å². The van der Waals surface area contributed by atoms with Gasteiger partial charge in [0.2, 0.25) is 0 Å². The molecule has 1 heterocycles. The standard InChI is InChI=1S/C15H14O3S/c1-11-10-13(14(19-11)15(16)17)18-9-5-8-12-6-3-2-4-7-12/h2-8,10H,9H2,1H3,(H,16,17)/b8-5+. The Morgan fingerprint density at radius 1 is 1.37 bits per heavy atom. The van der Waals surface area contributed by atoms with E-state index in [4.69, 9.17) is 9.84 Å². The maximum absolute atomic E-state index is 11.0. The summed E-state index contributed by atoms with van der Waals surface area (Å²) in [5, 5.41) is 9.03. The number of benzene rings is 1. The van der Waals surface area contributed by atoms with Crippen LogP contribution < -0.4 is 4.74 Å². The van der Waals surface area contributed by atoms with Crippen LogP contribution in [-0.2, 0) is 0 Å². The van der Waals surface area contributed by atoms with Gasteiger partial charge in [-0.2, -0.15) is 0 Å². The molecule has 0 amide bonds. The summed E-state index contributed by atoms with van der Waals surface area (Å²) in [7, 11) is 0. The van der Waals surface area contributed by atoms with E-state index in [1.54, 1.807) is 6.07 Å². The molecule has 3 nitrogen and oxygen atoms in total. The number of ether oxygens (including phenoxy) is 1. The fourth-order valence-corrected chi connectivity index (χ4v) is 2.43. The third kappa shape index (κ3) is 3.69. The molecular formula is C15H14O3S. The molecule has 2 aromatic rings. The Morgan fingerprint density at radius 3 is 2.79 bits per heavy atom. The summed E-state index contributed by atoms with van der Waals surface area (Å²) in [6, 6.07) is 11.6.